The third kappa shape index (κ3) is 4.54. The molecule has 1 aromatic carbocycles. The summed E-state index contributed by atoms with van der Waals surface area (Å²) in [4.78, 5) is 4.30. The van der Waals surface area contributed by atoms with E-state index in [9.17, 15) is 5.11 Å². The van der Waals surface area contributed by atoms with Crippen LogP contribution >= 0.6 is 11.8 Å². The van der Waals surface area contributed by atoms with Gasteiger partial charge in [0.2, 0.25) is 0 Å². The van der Waals surface area contributed by atoms with Crippen molar-refractivity contribution in [3.05, 3.63) is 59.9 Å². The fourth-order valence-corrected chi connectivity index (χ4v) is 2.88. The summed E-state index contributed by atoms with van der Waals surface area (Å²) in [5.41, 5.74) is 2.25. The van der Waals surface area contributed by atoms with Crippen molar-refractivity contribution in [2.24, 2.45) is 0 Å². The van der Waals surface area contributed by atoms with E-state index in [0.29, 0.717) is 0 Å². The second-order valence-electron chi connectivity index (χ2n) is 4.49. The molecule has 0 bridgehead atoms. The number of rotatable bonds is 7. The highest BCUT2D eigenvalue weighted by atomic mass is 32.2. The topological polar surface area (TPSA) is 42.4 Å². The zero-order valence-electron chi connectivity index (χ0n) is 11.5. The first kappa shape index (κ1) is 14.9. The first-order valence-electron chi connectivity index (χ1n) is 6.57. The third-order valence-corrected chi connectivity index (χ3v) is 4.30. The van der Waals surface area contributed by atoms with Crippen LogP contribution in [0.2, 0.25) is 0 Å². The van der Waals surface area contributed by atoms with Gasteiger partial charge in [0, 0.05) is 29.3 Å². The van der Waals surface area contributed by atoms with Gasteiger partial charge < -0.3 is 9.84 Å². The zero-order chi connectivity index (χ0) is 14.2. The van der Waals surface area contributed by atoms with E-state index in [1.165, 1.54) is 5.56 Å². The smallest absolute Gasteiger partial charge is 0.118 e. The molecule has 1 unspecified atom stereocenters. The van der Waals surface area contributed by atoms with Crippen LogP contribution in [-0.4, -0.2) is 29.1 Å². The van der Waals surface area contributed by atoms with Gasteiger partial charge in [-0.3, -0.25) is 4.98 Å². The van der Waals surface area contributed by atoms with Gasteiger partial charge in [0.05, 0.1) is 13.7 Å². The van der Waals surface area contributed by atoms with Gasteiger partial charge in [-0.25, -0.2) is 0 Å². The molecule has 0 saturated carbocycles. The van der Waals surface area contributed by atoms with Crippen LogP contribution < -0.4 is 4.74 Å². The quantitative estimate of drug-likeness (QED) is 0.851. The lowest BCUT2D eigenvalue weighted by Crippen LogP contribution is -2.13. The molecule has 1 heterocycles. The number of ether oxygens (including phenoxy) is 1. The molecule has 0 spiro atoms. The van der Waals surface area contributed by atoms with Crippen LogP contribution in [-0.2, 0) is 12.2 Å². The Bertz CT molecular complexity index is 502. The maximum atomic E-state index is 9.48. The molecule has 4 heteroatoms. The highest BCUT2D eigenvalue weighted by Gasteiger charge is 2.10. The minimum Gasteiger partial charge on any atom is -0.497 e. The Labute approximate surface area is 124 Å². The molecule has 1 N–H and O–H groups in total. The van der Waals surface area contributed by atoms with Gasteiger partial charge in [-0.2, -0.15) is 11.8 Å². The molecule has 20 heavy (non-hydrogen) atoms. The maximum absolute atomic E-state index is 9.48. The van der Waals surface area contributed by atoms with Crippen LogP contribution in [0.25, 0.3) is 0 Å². The van der Waals surface area contributed by atoms with Crippen molar-refractivity contribution in [2.45, 2.75) is 17.4 Å². The summed E-state index contributed by atoms with van der Waals surface area (Å²) in [7, 11) is 1.67. The lowest BCUT2D eigenvalue weighted by atomic mass is 10.2. The van der Waals surface area contributed by atoms with Crippen molar-refractivity contribution in [3.63, 3.8) is 0 Å². The second-order valence-corrected chi connectivity index (χ2v) is 5.78. The van der Waals surface area contributed by atoms with Gasteiger partial charge in [0.25, 0.3) is 0 Å². The van der Waals surface area contributed by atoms with Crippen LogP contribution in [0.15, 0.2) is 48.7 Å². The Hall–Kier alpha value is -1.52. The van der Waals surface area contributed by atoms with Gasteiger partial charge in [-0.1, -0.05) is 18.2 Å². The fraction of sp³-hybridized carbons (Fsp3) is 0.312. The van der Waals surface area contributed by atoms with Crippen LogP contribution in [0.4, 0.5) is 0 Å². The monoisotopic (exact) mass is 289 g/mol. The molecule has 0 radical (unpaired) electrons. The average Bonchev–Trinajstić information content (AvgIpc) is 2.53. The summed E-state index contributed by atoms with van der Waals surface area (Å²) in [6, 6.07) is 13.9. The molecule has 0 saturated heterocycles. The number of nitrogens with zero attached hydrogens (tertiary/aromatic N) is 1. The Morgan fingerprint density at radius 1 is 1.20 bits per heavy atom. The molecule has 0 aliphatic rings. The number of aromatic nitrogens is 1. The van der Waals surface area contributed by atoms with Crippen LogP contribution in [0, 0.1) is 0 Å². The Morgan fingerprint density at radius 3 is 2.60 bits per heavy atom. The fourth-order valence-electron chi connectivity index (χ4n) is 1.86. The highest BCUT2D eigenvalue weighted by molar-refractivity contribution is 7.99. The third-order valence-electron chi connectivity index (χ3n) is 3.01. The summed E-state index contributed by atoms with van der Waals surface area (Å²) >= 11 is 1.75. The van der Waals surface area contributed by atoms with Gasteiger partial charge in [0.15, 0.2) is 0 Å². The minimum atomic E-state index is 0.164. The number of benzene rings is 1. The predicted molar refractivity (Wildman–Crippen MR) is 83.1 cm³/mol. The molecular weight excluding hydrogens is 270 g/mol. The van der Waals surface area contributed by atoms with Gasteiger partial charge in [0.1, 0.15) is 5.75 Å². The van der Waals surface area contributed by atoms with E-state index in [1.54, 1.807) is 25.1 Å². The maximum Gasteiger partial charge on any atom is 0.118 e. The summed E-state index contributed by atoms with van der Waals surface area (Å²) < 4.78 is 5.14. The largest absolute Gasteiger partial charge is 0.497 e. The SMILES string of the molecule is COc1ccc(CSC(CO)Cc2ccccn2)cc1. The van der Waals surface area contributed by atoms with Gasteiger partial charge >= 0.3 is 0 Å². The summed E-state index contributed by atoms with van der Waals surface area (Å²) in [6.07, 6.45) is 2.58. The highest BCUT2D eigenvalue weighted by Crippen LogP contribution is 2.22. The Morgan fingerprint density at radius 2 is 2.00 bits per heavy atom. The molecule has 0 aliphatic carbocycles. The molecule has 0 amide bonds. The summed E-state index contributed by atoms with van der Waals surface area (Å²) in [5.74, 6) is 1.74. The standard InChI is InChI=1S/C16H19NO2S/c1-19-15-7-5-13(6-8-15)12-20-16(11-18)10-14-4-2-3-9-17-14/h2-9,16,18H,10-12H2,1H3. The first-order valence-corrected chi connectivity index (χ1v) is 7.62. The number of pyridine rings is 1. The summed E-state index contributed by atoms with van der Waals surface area (Å²) in [5, 5.41) is 9.65. The number of aliphatic hydroxyl groups is 1. The predicted octanol–water partition coefficient (Wildman–Crippen LogP) is 2.93. The van der Waals surface area contributed by atoms with Crippen LogP contribution in [0.3, 0.4) is 0 Å². The van der Waals surface area contributed by atoms with Crippen LogP contribution in [0.1, 0.15) is 11.3 Å². The van der Waals surface area contributed by atoms with Crippen molar-refractivity contribution < 1.29 is 9.84 Å². The Balaban J connectivity index is 1.86. The second kappa shape index (κ2) is 7.92. The van der Waals surface area contributed by atoms with Gasteiger partial charge in [-0.15, -0.1) is 0 Å². The van der Waals surface area contributed by atoms with E-state index in [4.69, 9.17) is 4.74 Å². The van der Waals surface area contributed by atoms with Crippen molar-refractivity contribution in [2.75, 3.05) is 13.7 Å². The van der Waals surface area contributed by atoms with E-state index in [0.717, 1.165) is 23.6 Å². The lowest BCUT2D eigenvalue weighted by molar-refractivity contribution is 0.293. The number of hydrogen-bond acceptors (Lipinski definition) is 4. The minimum absolute atomic E-state index is 0.164. The molecular formula is C16H19NO2S. The van der Waals surface area contributed by atoms with E-state index >= 15 is 0 Å². The normalized spacial score (nSPS) is 12.1. The lowest BCUT2D eigenvalue weighted by Gasteiger charge is -2.13. The molecule has 0 fully saturated rings. The molecule has 3 nitrogen and oxygen atoms in total. The number of aliphatic hydroxyl groups excluding tert-OH is 1. The molecule has 2 aromatic rings. The van der Waals surface area contributed by atoms with E-state index in [-0.39, 0.29) is 11.9 Å². The van der Waals surface area contributed by atoms with Crippen LogP contribution in [0.5, 0.6) is 5.75 Å². The summed E-state index contributed by atoms with van der Waals surface area (Å²) in [6.45, 7) is 0.164. The molecule has 0 aliphatic heterocycles. The van der Waals surface area contributed by atoms with E-state index in [1.807, 2.05) is 30.3 Å². The number of hydrogen-bond donors (Lipinski definition) is 1. The number of methoxy groups -OCH3 is 1. The van der Waals surface area contributed by atoms with E-state index < -0.39 is 0 Å². The molecule has 106 valence electrons. The molecule has 1 atom stereocenters. The Kier molecular flexibility index (Phi) is 5.89. The van der Waals surface area contributed by atoms with Crippen molar-refractivity contribution in [1.82, 2.24) is 4.98 Å². The molecule has 2 rings (SSSR count). The van der Waals surface area contributed by atoms with Crippen molar-refractivity contribution in [3.8, 4) is 5.75 Å². The van der Waals surface area contributed by atoms with Crippen molar-refractivity contribution >= 4 is 11.8 Å². The first-order chi connectivity index (χ1) is 9.81. The van der Waals surface area contributed by atoms with Crippen molar-refractivity contribution in [1.29, 1.82) is 0 Å². The molecule has 1 aromatic heterocycles. The average molecular weight is 289 g/mol. The number of thioether (sulfide) groups is 1. The van der Waals surface area contributed by atoms with E-state index in [2.05, 4.69) is 17.1 Å². The zero-order valence-corrected chi connectivity index (χ0v) is 12.3. The van der Waals surface area contributed by atoms with Gasteiger partial charge in [-0.05, 0) is 29.8 Å².